The van der Waals surface area contributed by atoms with E-state index in [0.717, 1.165) is 37.9 Å². The van der Waals surface area contributed by atoms with Crippen LogP contribution in [0.3, 0.4) is 0 Å². The van der Waals surface area contributed by atoms with E-state index in [9.17, 15) is 44.7 Å². The summed E-state index contributed by atoms with van der Waals surface area (Å²) in [5.74, 6) is -3.66. The second-order valence-corrected chi connectivity index (χ2v) is 14.0. The molecule has 1 saturated carbocycles. The van der Waals surface area contributed by atoms with Crippen molar-refractivity contribution < 1.29 is 44.7 Å². The normalized spacial score (nSPS) is 18.7. The van der Waals surface area contributed by atoms with Gasteiger partial charge < -0.3 is 11.1 Å². The predicted molar refractivity (Wildman–Crippen MR) is 176 cm³/mol. The standard InChI is InChI=1S/C33H31ClF8N10O2/c1-30(2,33(40,41)42)15-31(19-6-3-17(4-7-19)23-13-46-52(49-23)20-8-9-20)27(54)50(29(43)48-31)24(14-44-25(53)12-32(37,38)39)18-5-10-22(34)21(11-18)26-45-16-47-51(26)28(35)36/h3-7,10-11,13,16,20,24,28H,8-9,12,14-15H2,1-2H3,(H2,43,48)(H,44,53)/t24-,31?/m1/s1. The Kier molecular flexibility index (Phi) is 9.95. The van der Waals surface area contributed by atoms with Crippen LogP contribution < -0.4 is 11.1 Å². The van der Waals surface area contributed by atoms with Crippen molar-refractivity contribution in [1.29, 1.82) is 0 Å². The summed E-state index contributed by atoms with van der Waals surface area (Å²) in [6.07, 6.45) is -8.43. The SMILES string of the molecule is CC(C)(CC1(c2ccc(-c3cnn(C4CC4)n3)cc2)N=C(N)N([C@H](CNC(=O)CC(F)(F)F)c2ccc(Cl)c(-c3ncnn3C(F)F)c2)C1=O)C(F)(F)F. The Bertz CT molecular complexity index is 2080. The summed E-state index contributed by atoms with van der Waals surface area (Å²) in [5.41, 5.74) is 2.26. The summed E-state index contributed by atoms with van der Waals surface area (Å²) in [5, 5.41) is 14.1. The Labute approximate surface area is 306 Å². The maximum absolute atomic E-state index is 14.8. The molecule has 1 aliphatic carbocycles. The average molecular weight is 787 g/mol. The Morgan fingerprint density at radius 1 is 1.06 bits per heavy atom. The summed E-state index contributed by atoms with van der Waals surface area (Å²) in [7, 11) is 0. The van der Waals surface area contributed by atoms with E-state index >= 15 is 0 Å². The fourth-order valence-electron chi connectivity index (χ4n) is 6.17. The summed E-state index contributed by atoms with van der Waals surface area (Å²) in [6, 6.07) is 8.14. The molecule has 2 aliphatic rings. The molecule has 2 atom stereocenters. The van der Waals surface area contributed by atoms with Gasteiger partial charge in [-0.1, -0.05) is 55.8 Å². The molecule has 12 nitrogen and oxygen atoms in total. The van der Waals surface area contributed by atoms with Crippen molar-refractivity contribution >= 4 is 29.4 Å². The van der Waals surface area contributed by atoms with Crippen LogP contribution >= 0.6 is 11.6 Å². The lowest BCUT2D eigenvalue weighted by molar-refractivity contribution is -0.218. The first kappa shape index (κ1) is 38.6. The van der Waals surface area contributed by atoms with Crippen molar-refractivity contribution in [2.45, 2.75) is 76.1 Å². The van der Waals surface area contributed by atoms with Gasteiger partial charge in [-0.15, -0.1) is 0 Å². The van der Waals surface area contributed by atoms with E-state index in [1.54, 1.807) is 4.80 Å². The summed E-state index contributed by atoms with van der Waals surface area (Å²) in [4.78, 5) is 37.7. The fraction of sp³-hybridized carbons (Fsp3) is 0.424. The van der Waals surface area contributed by atoms with Gasteiger partial charge in [0.15, 0.2) is 17.3 Å². The molecule has 2 aromatic heterocycles. The van der Waals surface area contributed by atoms with Crippen LogP contribution in [0.4, 0.5) is 35.1 Å². The van der Waals surface area contributed by atoms with Crippen molar-refractivity contribution in [1.82, 2.24) is 40.0 Å². The Morgan fingerprint density at radius 2 is 1.74 bits per heavy atom. The fourth-order valence-corrected chi connectivity index (χ4v) is 6.38. The maximum Gasteiger partial charge on any atom is 0.397 e. The Balaban J connectivity index is 1.44. The number of aromatic nitrogens is 6. The smallest absolute Gasteiger partial charge is 0.369 e. The number of carbonyl (C=O) groups is 2. The lowest BCUT2D eigenvalue weighted by Crippen LogP contribution is -2.50. The molecule has 1 aliphatic heterocycles. The number of nitrogens with one attached hydrogen (secondary N) is 1. The molecule has 2 amide bonds. The number of rotatable bonds is 12. The summed E-state index contributed by atoms with van der Waals surface area (Å²) < 4.78 is 111. The molecule has 1 fully saturated rings. The molecule has 2 aromatic carbocycles. The second-order valence-electron chi connectivity index (χ2n) is 13.6. The predicted octanol–water partition coefficient (Wildman–Crippen LogP) is 6.73. The summed E-state index contributed by atoms with van der Waals surface area (Å²) >= 11 is 6.34. The minimum atomic E-state index is -4.91. The van der Waals surface area contributed by atoms with Crippen molar-refractivity contribution in [3.05, 3.63) is 71.1 Å². The van der Waals surface area contributed by atoms with Crippen molar-refractivity contribution in [2.75, 3.05) is 6.54 Å². The third kappa shape index (κ3) is 7.60. The molecule has 288 valence electrons. The van der Waals surface area contributed by atoms with Gasteiger partial charge in [-0.3, -0.25) is 14.5 Å². The van der Waals surface area contributed by atoms with Crippen molar-refractivity contribution in [3.8, 4) is 22.6 Å². The van der Waals surface area contributed by atoms with Gasteiger partial charge in [0, 0.05) is 17.7 Å². The molecule has 4 aromatic rings. The Hall–Kier alpha value is -5.14. The first-order valence-electron chi connectivity index (χ1n) is 16.3. The van der Waals surface area contributed by atoms with Gasteiger partial charge in [-0.05, 0) is 42.5 Å². The van der Waals surface area contributed by atoms with Crippen LogP contribution in [-0.4, -0.2) is 71.3 Å². The number of benzene rings is 2. The monoisotopic (exact) mass is 786 g/mol. The molecular weight excluding hydrogens is 756 g/mol. The number of halogens is 9. The van der Waals surface area contributed by atoms with Gasteiger partial charge in [0.2, 0.25) is 5.91 Å². The number of nitrogens with zero attached hydrogens (tertiary/aromatic N) is 8. The van der Waals surface area contributed by atoms with Crippen LogP contribution in [0.1, 0.15) is 69.3 Å². The molecule has 0 radical (unpaired) electrons. The van der Waals surface area contributed by atoms with Gasteiger partial charge >= 0.3 is 18.9 Å². The van der Waals surface area contributed by atoms with Crippen LogP contribution in [0.15, 0.2) is 60.0 Å². The summed E-state index contributed by atoms with van der Waals surface area (Å²) in [6.45, 7) is -2.19. The third-order valence-corrected chi connectivity index (χ3v) is 9.50. The zero-order chi connectivity index (χ0) is 39.4. The molecule has 0 spiro atoms. The molecular formula is C33H31ClF8N10O2. The first-order chi connectivity index (χ1) is 25.2. The van der Waals surface area contributed by atoms with E-state index in [4.69, 9.17) is 17.3 Å². The zero-order valence-electron chi connectivity index (χ0n) is 28.3. The van der Waals surface area contributed by atoms with Gasteiger partial charge in [-0.2, -0.15) is 59.9 Å². The zero-order valence-corrected chi connectivity index (χ0v) is 29.1. The number of nitrogens with two attached hydrogens (primary N) is 1. The van der Waals surface area contributed by atoms with Gasteiger partial charge in [0.1, 0.15) is 18.4 Å². The highest BCUT2D eigenvalue weighted by atomic mass is 35.5. The molecule has 54 heavy (non-hydrogen) atoms. The van der Waals surface area contributed by atoms with Gasteiger partial charge in [0.25, 0.3) is 5.91 Å². The van der Waals surface area contributed by atoms with E-state index in [-0.39, 0.29) is 32.4 Å². The minimum absolute atomic E-state index is 0.00435. The first-order valence-corrected chi connectivity index (χ1v) is 16.7. The van der Waals surface area contributed by atoms with Gasteiger partial charge in [0.05, 0.1) is 28.7 Å². The highest BCUT2D eigenvalue weighted by Crippen LogP contribution is 2.51. The van der Waals surface area contributed by atoms with E-state index in [1.807, 2.05) is 0 Å². The molecule has 0 bridgehead atoms. The average Bonchev–Trinajstić information content (AvgIpc) is 3.49. The van der Waals surface area contributed by atoms with E-state index < -0.39 is 78.9 Å². The van der Waals surface area contributed by atoms with E-state index in [1.165, 1.54) is 48.7 Å². The number of aliphatic imine (C=N–C) groups is 1. The van der Waals surface area contributed by atoms with Crippen molar-refractivity contribution in [3.63, 3.8) is 0 Å². The van der Waals surface area contributed by atoms with Crippen molar-refractivity contribution in [2.24, 2.45) is 16.1 Å². The quantitative estimate of drug-likeness (QED) is 0.151. The topological polar surface area (TPSA) is 149 Å². The molecule has 1 unspecified atom stereocenters. The van der Waals surface area contributed by atoms with Crippen LogP contribution in [0.25, 0.3) is 22.6 Å². The highest BCUT2D eigenvalue weighted by molar-refractivity contribution is 6.33. The number of hydrogen-bond donors (Lipinski definition) is 2. The van der Waals surface area contributed by atoms with E-state index in [0.29, 0.717) is 11.3 Å². The Morgan fingerprint density at radius 3 is 2.35 bits per heavy atom. The number of alkyl halides is 8. The number of amides is 2. The number of hydrogen-bond acceptors (Lipinski definition) is 8. The maximum atomic E-state index is 14.8. The molecule has 21 heteroatoms. The molecule has 0 saturated heterocycles. The van der Waals surface area contributed by atoms with Crippen LogP contribution in [-0.2, 0) is 15.1 Å². The molecule has 6 rings (SSSR count). The lowest BCUT2D eigenvalue weighted by atomic mass is 9.74. The third-order valence-electron chi connectivity index (χ3n) is 9.17. The minimum Gasteiger partial charge on any atom is -0.369 e. The largest absolute Gasteiger partial charge is 0.397 e. The lowest BCUT2D eigenvalue weighted by Gasteiger charge is -2.37. The highest BCUT2D eigenvalue weighted by Gasteiger charge is 2.59. The number of carbonyl (C=O) groups excluding carboxylic acids is 2. The van der Waals surface area contributed by atoms with Gasteiger partial charge in [-0.25, -0.2) is 9.98 Å². The van der Waals surface area contributed by atoms with E-state index in [2.05, 4.69) is 30.6 Å². The molecule has 3 heterocycles. The van der Waals surface area contributed by atoms with Crippen LogP contribution in [0, 0.1) is 5.41 Å². The second kappa shape index (κ2) is 13.9. The van der Waals surface area contributed by atoms with Crippen LogP contribution in [0.5, 0.6) is 0 Å². The van der Waals surface area contributed by atoms with Crippen LogP contribution in [0.2, 0.25) is 5.02 Å². The molecule has 3 N–H and O–H groups in total. The number of guanidine groups is 1.